The van der Waals surface area contributed by atoms with Crippen LogP contribution in [-0.4, -0.2) is 41.2 Å². The number of amidine groups is 1. The topological polar surface area (TPSA) is 88.4 Å². The maximum Gasteiger partial charge on any atom is 0.335 e. The Morgan fingerprint density at radius 3 is 2.46 bits per heavy atom. The summed E-state index contributed by atoms with van der Waals surface area (Å²) in [5.41, 5.74) is 2.60. The number of hydrogen-bond donors (Lipinski definition) is 1. The number of carboxylic acids is 1. The summed E-state index contributed by atoms with van der Waals surface area (Å²) in [6.07, 6.45) is 1.80. The molecular formula is C26H21BrN2O5S. The van der Waals surface area contributed by atoms with Crippen LogP contribution in [0.4, 0.5) is 5.69 Å². The highest BCUT2D eigenvalue weighted by Gasteiger charge is 2.30. The number of rotatable bonds is 7. The van der Waals surface area contributed by atoms with Gasteiger partial charge in [-0.1, -0.05) is 34.1 Å². The van der Waals surface area contributed by atoms with Crippen molar-refractivity contribution in [3.05, 3.63) is 92.8 Å². The van der Waals surface area contributed by atoms with Crippen LogP contribution in [-0.2, 0) is 11.4 Å². The van der Waals surface area contributed by atoms with E-state index in [0.717, 1.165) is 21.3 Å². The fourth-order valence-electron chi connectivity index (χ4n) is 3.23. The number of aromatic carboxylic acids is 1. The lowest BCUT2D eigenvalue weighted by atomic mass is 10.1. The van der Waals surface area contributed by atoms with Crippen molar-refractivity contribution in [1.29, 1.82) is 0 Å². The van der Waals surface area contributed by atoms with Crippen LogP contribution in [0.1, 0.15) is 21.5 Å². The first-order valence-electron chi connectivity index (χ1n) is 10.5. The molecule has 4 rings (SSSR count). The Morgan fingerprint density at radius 2 is 1.80 bits per heavy atom. The maximum atomic E-state index is 12.8. The van der Waals surface area contributed by atoms with Crippen LogP contribution >= 0.6 is 27.7 Å². The smallest absolute Gasteiger partial charge is 0.335 e. The zero-order valence-electron chi connectivity index (χ0n) is 18.9. The fourth-order valence-corrected chi connectivity index (χ4v) is 4.48. The van der Waals surface area contributed by atoms with E-state index in [1.54, 1.807) is 44.5 Å². The first-order chi connectivity index (χ1) is 16.8. The molecule has 7 nitrogen and oxygen atoms in total. The summed E-state index contributed by atoms with van der Waals surface area (Å²) in [6.45, 7) is 0.256. The molecule has 0 atom stereocenters. The highest BCUT2D eigenvalue weighted by atomic mass is 79.9. The molecule has 1 saturated heterocycles. The molecule has 1 aliphatic heterocycles. The van der Waals surface area contributed by atoms with Gasteiger partial charge in [0.15, 0.2) is 16.7 Å². The third-order valence-corrected chi connectivity index (χ3v) is 6.72. The monoisotopic (exact) mass is 552 g/mol. The van der Waals surface area contributed by atoms with E-state index in [1.807, 2.05) is 30.3 Å². The number of methoxy groups -OCH3 is 1. The summed E-state index contributed by atoms with van der Waals surface area (Å²) < 4.78 is 12.3. The number of aliphatic imine (C=N–C) groups is 1. The first kappa shape index (κ1) is 24.6. The molecule has 35 heavy (non-hydrogen) atoms. The van der Waals surface area contributed by atoms with Crippen molar-refractivity contribution in [2.24, 2.45) is 4.99 Å². The quantitative estimate of drug-likeness (QED) is 0.363. The zero-order valence-corrected chi connectivity index (χ0v) is 21.3. The van der Waals surface area contributed by atoms with E-state index < -0.39 is 5.97 Å². The van der Waals surface area contributed by atoms with Crippen molar-refractivity contribution in [3.8, 4) is 11.5 Å². The summed E-state index contributed by atoms with van der Waals surface area (Å²) in [5, 5.41) is 9.62. The summed E-state index contributed by atoms with van der Waals surface area (Å²) in [6, 6.07) is 19.5. The lowest BCUT2D eigenvalue weighted by Gasteiger charge is -2.12. The lowest BCUT2D eigenvalue weighted by molar-refractivity contribution is -0.121. The van der Waals surface area contributed by atoms with Crippen molar-refractivity contribution in [2.75, 3.05) is 14.2 Å². The second-order valence-electron chi connectivity index (χ2n) is 7.55. The van der Waals surface area contributed by atoms with Crippen LogP contribution < -0.4 is 9.47 Å². The molecule has 0 aliphatic carbocycles. The molecule has 9 heteroatoms. The normalized spacial score (nSPS) is 15.6. The summed E-state index contributed by atoms with van der Waals surface area (Å²) in [5.74, 6) is -0.0401. The average Bonchev–Trinajstić information content (AvgIpc) is 3.12. The third kappa shape index (κ3) is 5.93. The predicted octanol–water partition coefficient (Wildman–Crippen LogP) is 5.97. The minimum atomic E-state index is -0.972. The van der Waals surface area contributed by atoms with E-state index in [0.29, 0.717) is 21.6 Å². The van der Waals surface area contributed by atoms with Gasteiger partial charge in [-0.3, -0.25) is 9.69 Å². The summed E-state index contributed by atoms with van der Waals surface area (Å²) in [4.78, 5) is 30.4. The van der Waals surface area contributed by atoms with Gasteiger partial charge in [-0.05, 0) is 77.5 Å². The molecule has 0 bridgehead atoms. The van der Waals surface area contributed by atoms with Crippen molar-refractivity contribution < 1.29 is 24.2 Å². The number of carbonyl (C=O) groups is 2. The number of amides is 1. The molecule has 0 radical (unpaired) electrons. The van der Waals surface area contributed by atoms with E-state index in [2.05, 4.69) is 20.9 Å². The predicted molar refractivity (Wildman–Crippen MR) is 140 cm³/mol. The first-order valence-corrected chi connectivity index (χ1v) is 12.1. The summed E-state index contributed by atoms with van der Waals surface area (Å²) >= 11 is 4.72. The van der Waals surface area contributed by atoms with Gasteiger partial charge in [-0.25, -0.2) is 9.79 Å². The van der Waals surface area contributed by atoms with E-state index >= 15 is 0 Å². The highest BCUT2D eigenvalue weighted by Crippen LogP contribution is 2.35. The largest absolute Gasteiger partial charge is 0.493 e. The number of carboxylic acid groups (broad SMARTS) is 1. The van der Waals surface area contributed by atoms with Gasteiger partial charge >= 0.3 is 5.97 Å². The second kappa shape index (κ2) is 10.8. The molecule has 0 spiro atoms. The highest BCUT2D eigenvalue weighted by molar-refractivity contribution is 9.10. The standard InChI is InChI=1S/C26H21BrN2O5S/c1-29-24(30)23(35-26(29)28-20-10-8-19(27)9-11-20)14-17-5-12-21(22(13-17)33-2)34-15-16-3-6-18(7-4-16)25(31)32/h3-14H,15H2,1-2H3,(H,31,32)/b23-14-,28-26?. The molecule has 3 aromatic rings. The van der Waals surface area contributed by atoms with Crippen LogP contribution in [0.5, 0.6) is 11.5 Å². The van der Waals surface area contributed by atoms with Crippen molar-refractivity contribution in [2.45, 2.75) is 6.61 Å². The van der Waals surface area contributed by atoms with Crippen molar-refractivity contribution >= 4 is 56.5 Å². The minimum absolute atomic E-state index is 0.130. The van der Waals surface area contributed by atoms with Crippen LogP contribution in [0.3, 0.4) is 0 Å². The molecule has 1 fully saturated rings. The molecule has 1 heterocycles. The SMILES string of the molecule is COc1cc(/C=C2\SC(=Nc3ccc(Br)cc3)N(C)C2=O)ccc1OCc1ccc(C(=O)O)cc1. The molecule has 0 aromatic heterocycles. The van der Waals surface area contributed by atoms with Gasteiger partial charge in [0.05, 0.1) is 23.3 Å². The van der Waals surface area contributed by atoms with Crippen molar-refractivity contribution in [3.63, 3.8) is 0 Å². The van der Waals surface area contributed by atoms with E-state index in [4.69, 9.17) is 14.6 Å². The van der Waals surface area contributed by atoms with E-state index in [1.165, 1.54) is 28.8 Å². The van der Waals surface area contributed by atoms with Gasteiger partial charge in [-0.15, -0.1) is 0 Å². The Kier molecular flexibility index (Phi) is 7.57. The second-order valence-corrected chi connectivity index (χ2v) is 9.47. The van der Waals surface area contributed by atoms with Gasteiger partial charge in [-0.2, -0.15) is 0 Å². The molecule has 1 N–H and O–H groups in total. The molecule has 1 aliphatic rings. The van der Waals surface area contributed by atoms with Gasteiger partial charge in [0.25, 0.3) is 5.91 Å². The Labute approximate surface area is 215 Å². The number of likely N-dealkylation sites (N-methyl/N-ethyl adjacent to an activating group) is 1. The number of thioether (sulfide) groups is 1. The van der Waals surface area contributed by atoms with Crippen LogP contribution in [0.25, 0.3) is 6.08 Å². The Morgan fingerprint density at radius 1 is 1.09 bits per heavy atom. The summed E-state index contributed by atoms with van der Waals surface area (Å²) in [7, 11) is 3.25. The third-order valence-electron chi connectivity index (χ3n) is 5.14. The molecular weight excluding hydrogens is 532 g/mol. The number of nitrogens with zero attached hydrogens (tertiary/aromatic N) is 2. The van der Waals surface area contributed by atoms with Crippen LogP contribution in [0.2, 0.25) is 0 Å². The molecule has 0 unspecified atom stereocenters. The van der Waals surface area contributed by atoms with Gasteiger partial charge in [0.2, 0.25) is 0 Å². The number of benzene rings is 3. The fraction of sp³-hybridized carbons (Fsp3) is 0.115. The Bertz CT molecular complexity index is 1320. The zero-order chi connectivity index (χ0) is 24.9. The van der Waals surface area contributed by atoms with E-state index in [9.17, 15) is 9.59 Å². The van der Waals surface area contributed by atoms with E-state index in [-0.39, 0.29) is 18.1 Å². The van der Waals surface area contributed by atoms with Gasteiger partial charge < -0.3 is 14.6 Å². The number of ether oxygens (including phenoxy) is 2. The van der Waals surface area contributed by atoms with Crippen molar-refractivity contribution in [1.82, 2.24) is 4.90 Å². The average molecular weight is 553 g/mol. The number of carbonyl (C=O) groups excluding carboxylic acids is 1. The Hall–Kier alpha value is -3.56. The number of hydrogen-bond acceptors (Lipinski definition) is 6. The van der Waals surface area contributed by atoms with Gasteiger partial charge in [0.1, 0.15) is 6.61 Å². The van der Waals surface area contributed by atoms with Crippen LogP contribution in [0, 0.1) is 0 Å². The van der Waals surface area contributed by atoms with Crippen LogP contribution in [0.15, 0.2) is 81.1 Å². The van der Waals surface area contributed by atoms with Gasteiger partial charge in [0, 0.05) is 11.5 Å². The maximum absolute atomic E-state index is 12.8. The molecule has 3 aromatic carbocycles. The molecule has 0 saturated carbocycles. The lowest BCUT2D eigenvalue weighted by Crippen LogP contribution is -2.23. The molecule has 1 amide bonds. The molecule has 178 valence electrons. The number of halogens is 1. The minimum Gasteiger partial charge on any atom is -0.493 e. The Balaban J connectivity index is 1.49.